The van der Waals surface area contributed by atoms with Crippen LogP contribution in [0.4, 0.5) is 5.69 Å². The van der Waals surface area contributed by atoms with Crippen LogP contribution >= 0.6 is 11.3 Å². The molecule has 1 aromatic carbocycles. The van der Waals surface area contributed by atoms with Gasteiger partial charge < -0.3 is 4.90 Å². The van der Waals surface area contributed by atoms with Gasteiger partial charge in [0.2, 0.25) is 0 Å². The van der Waals surface area contributed by atoms with Gasteiger partial charge in [-0.1, -0.05) is 24.6 Å². The van der Waals surface area contributed by atoms with Crippen molar-refractivity contribution in [2.24, 2.45) is 5.92 Å². The third-order valence-corrected chi connectivity index (χ3v) is 4.22. The molecule has 0 bridgehead atoms. The summed E-state index contributed by atoms with van der Waals surface area (Å²) in [4.78, 5) is 18.6. The number of para-hydroxylation sites is 1. The van der Waals surface area contributed by atoms with Gasteiger partial charge in [-0.3, -0.25) is 4.79 Å². The largest absolute Gasteiger partial charge is 0.307 e. The molecule has 0 spiro atoms. The SMILES string of the molecule is O=C(c1cscn1)N(CC1CCC1)c1ccccc1. The molecule has 1 heterocycles. The Morgan fingerprint density at radius 3 is 2.68 bits per heavy atom. The normalized spacial score (nSPS) is 14.9. The zero-order valence-corrected chi connectivity index (χ0v) is 11.5. The molecule has 2 aromatic rings. The smallest absolute Gasteiger partial charge is 0.277 e. The fourth-order valence-electron chi connectivity index (χ4n) is 2.30. The van der Waals surface area contributed by atoms with E-state index < -0.39 is 0 Å². The predicted octanol–water partition coefficient (Wildman–Crippen LogP) is 3.59. The van der Waals surface area contributed by atoms with E-state index in [1.165, 1.54) is 30.6 Å². The molecule has 19 heavy (non-hydrogen) atoms. The monoisotopic (exact) mass is 272 g/mol. The van der Waals surface area contributed by atoms with Crippen LogP contribution in [0.25, 0.3) is 0 Å². The molecular weight excluding hydrogens is 256 g/mol. The van der Waals surface area contributed by atoms with E-state index in [2.05, 4.69) is 4.98 Å². The quantitative estimate of drug-likeness (QED) is 0.852. The van der Waals surface area contributed by atoms with Gasteiger partial charge in [-0.25, -0.2) is 4.98 Å². The van der Waals surface area contributed by atoms with Crippen molar-refractivity contribution in [3.63, 3.8) is 0 Å². The summed E-state index contributed by atoms with van der Waals surface area (Å²) in [6.45, 7) is 0.806. The third-order valence-electron chi connectivity index (χ3n) is 3.63. The Balaban J connectivity index is 1.85. The highest BCUT2D eigenvalue weighted by Gasteiger charge is 2.26. The molecule has 1 aliphatic rings. The van der Waals surface area contributed by atoms with Gasteiger partial charge in [0.05, 0.1) is 5.51 Å². The van der Waals surface area contributed by atoms with Crippen molar-refractivity contribution in [3.8, 4) is 0 Å². The second-order valence-electron chi connectivity index (χ2n) is 4.92. The first-order valence-corrected chi connectivity index (χ1v) is 7.54. The number of thiazole rings is 1. The van der Waals surface area contributed by atoms with Crippen molar-refractivity contribution < 1.29 is 4.79 Å². The van der Waals surface area contributed by atoms with Crippen LogP contribution in [-0.2, 0) is 0 Å². The van der Waals surface area contributed by atoms with Crippen LogP contribution < -0.4 is 4.90 Å². The molecule has 0 N–H and O–H groups in total. The van der Waals surface area contributed by atoms with E-state index in [4.69, 9.17) is 0 Å². The molecule has 1 aliphatic carbocycles. The second-order valence-corrected chi connectivity index (χ2v) is 5.64. The maximum atomic E-state index is 12.6. The van der Waals surface area contributed by atoms with Crippen LogP contribution in [0.5, 0.6) is 0 Å². The van der Waals surface area contributed by atoms with Crippen molar-refractivity contribution in [1.29, 1.82) is 0 Å². The third kappa shape index (κ3) is 2.68. The molecule has 0 unspecified atom stereocenters. The molecule has 3 nitrogen and oxygen atoms in total. The molecule has 0 aliphatic heterocycles. The molecule has 0 radical (unpaired) electrons. The number of carbonyl (C=O) groups is 1. The summed E-state index contributed by atoms with van der Waals surface area (Å²) in [6, 6.07) is 9.89. The Morgan fingerprint density at radius 1 is 1.32 bits per heavy atom. The minimum Gasteiger partial charge on any atom is -0.307 e. The number of benzene rings is 1. The van der Waals surface area contributed by atoms with Crippen LogP contribution in [0.15, 0.2) is 41.2 Å². The van der Waals surface area contributed by atoms with Gasteiger partial charge in [0, 0.05) is 17.6 Å². The average molecular weight is 272 g/mol. The zero-order valence-electron chi connectivity index (χ0n) is 10.7. The highest BCUT2D eigenvalue weighted by atomic mass is 32.1. The maximum absolute atomic E-state index is 12.6. The lowest BCUT2D eigenvalue weighted by Gasteiger charge is -2.32. The standard InChI is InChI=1S/C15H16N2OS/c18-15(14-10-19-11-16-14)17(9-12-5-4-6-12)13-7-2-1-3-8-13/h1-3,7-8,10-12H,4-6,9H2. The van der Waals surface area contributed by atoms with Crippen molar-refractivity contribution in [2.75, 3.05) is 11.4 Å². The lowest BCUT2D eigenvalue weighted by molar-refractivity contribution is 0.0973. The summed E-state index contributed by atoms with van der Waals surface area (Å²) >= 11 is 1.46. The van der Waals surface area contributed by atoms with Gasteiger partial charge in [0.1, 0.15) is 5.69 Å². The summed E-state index contributed by atoms with van der Waals surface area (Å²) in [7, 11) is 0. The molecular formula is C15H16N2OS. The molecule has 0 atom stereocenters. The topological polar surface area (TPSA) is 33.2 Å². The van der Waals surface area contributed by atoms with Gasteiger partial charge in [-0.05, 0) is 30.9 Å². The van der Waals surface area contributed by atoms with E-state index >= 15 is 0 Å². The minimum atomic E-state index is 0.0133. The number of amides is 1. The first-order chi connectivity index (χ1) is 9.34. The van der Waals surface area contributed by atoms with Gasteiger partial charge in [-0.15, -0.1) is 11.3 Å². The number of nitrogens with zero attached hydrogens (tertiary/aromatic N) is 2. The average Bonchev–Trinajstić information content (AvgIpc) is 2.92. The molecule has 4 heteroatoms. The van der Waals surface area contributed by atoms with Crippen molar-refractivity contribution in [3.05, 3.63) is 46.9 Å². The molecule has 98 valence electrons. The molecule has 0 saturated heterocycles. The Hall–Kier alpha value is -1.68. The van der Waals surface area contributed by atoms with E-state index in [1.807, 2.05) is 40.6 Å². The first kappa shape index (κ1) is 12.4. The first-order valence-electron chi connectivity index (χ1n) is 6.59. The number of anilines is 1. The van der Waals surface area contributed by atoms with Crippen LogP contribution in [0, 0.1) is 5.92 Å². The summed E-state index contributed by atoms with van der Waals surface area (Å²) in [5, 5.41) is 1.82. The van der Waals surface area contributed by atoms with Crippen LogP contribution in [0.3, 0.4) is 0 Å². The van der Waals surface area contributed by atoms with Gasteiger partial charge >= 0.3 is 0 Å². The Morgan fingerprint density at radius 2 is 2.11 bits per heavy atom. The summed E-state index contributed by atoms with van der Waals surface area (Å²) in [5.74, 6) is 0.655. The van der Waals surface area contributed by atoms with Gasteiger partial charge in [-0.2, -0.15) is 0 Å². The highest BCUT2D eigenvalue weighted by molar-refractivity contribution is 7.07. The van der Waals surface area contributed by atoms with Crippen LogP contribution in [0.1, 0.15) is 29.8 Å². The van der Waals surface area contributed by atoms with E-state index in [9.17, 15) is 4.79 Å². The van der Waals surface area contributed by atoms with Crippen LogP contribution in [-0.4, -0.2) is 17.4 Å². The summed E-state index contributed by atoms with van der Waals surface area (Å²) in [5.41, 5.74) is 3.22. The minimum absolute atomic E-state index is 0.0133. The summed E-state index contributed by atoms with van der Waals surface area (Å²) in [6.07, 6.45) is 3.75. The maximum Gasteiger partial charge on any atom is 0.277 e. The fraction of sp³-hybridized carbons (Fsp3) is 0.333. The van der Waals surface area contributed by atoms with Gasteiger partial charge in [0.25, 0.3) is 5.91 Å². The van der Waals surface area contributed by atoms with Crippen molar-refractivity contribution in [2.45, 2.75) is 19.3 Å². The van der Waals surface area contributed by atoms with E-state index in [0.29, 0.717) is 11.6 Å². The molecule has 1 aromatic heterocycles. The van der Waals surface area contributed by atoms with Crippen molar-refractivity contribution in [1.82, 2.24) is 4.98 Å². The number of hydrogen-bond acceptors (Lipinski definition) is 3. The number of rotatable bonds is 4. The fourth-order valence-corrected chi connectivity index (χ4v) is 2.83. The lowest BCUT2D eigenvalue weighted by atomic mass is 9.85. The van der Waals surface area contributed by atoms with E-state index in [0.717, 1.165) is 12.2 Å². The zero-order chi connectivity index (χ0) is 13.1. The predicted molar refractivity (Wildman–Crippen MR) is 77.6 cm³/mol. The summed E-state index contributed by atoms with van der Waals surface area (Å²) < 4.78 is 0. The van der Waals surface area contributed by atoms with Crippen LogP contribution in [0.2, 0.25) is 0 Å². The Labute approximate surface area is 116 Å². The molecule has 1 saturated carbocycles. The number of aromatic nitrogens is 1. The molecule has 1 amide bonds. The van der Waals surface area contributed by atoms with E-state index in [-0.39, 0.29) is 5.91 Å². The number of carbonyl (C=O) groups excluding carboxylic acids is 1. The lowest BCUT2D eigenvalue weighted by Crippen LogP contribution is -2.37. The molecule has 3 rings (SSSR count). The number of hydrogen-bond donors (Lipinski definition) is 0. The highest BCUT2D eigenvalue weighted by Crippen LogP contribution is 2.29. The Bertz CT molecular complexity index is 535. The van der Waals surface area contributed by atoms with E-state index in [1.54, 1.807) is 5.51 Å². The second kappa shape index (κ2) is 5.53. The van der Waals surface area contributed by atoms with Gasteiger partial charge in [0.15, 0.2) is 0 Å². The van der Waals surface area contributed by atoms with Crippen molar-refractivity contribution >= 4 is 22.9 Å². The Kier molecular flexibility index (Phi) is 3.60. The molecule has 1 fully saturated rings.